The highest BCUT2D eigenvalue weighted by Gasteiger charge is 2.32. The molecule has 1 aliphatic rings. The average Bonchev–Trinajstić information content (AvgIpc) is 3.17. The van der Waals surface area contributed by atoms with Crippen LogP contribution in [0.15, 0.2) is 0 Å². The Kier molecular flexibility index (Phi) is 9.57. The Balaban J connectivity index is 2.76. The van der Waals surface area contributed by atoms with E-state index >= 15 is 0 Å². The number of aliphatic carboxylic acids is 1. The molecule has 9 nitrogen and oxygen atoms in total. The molecular weight excluding hydrogens is 372 g/mol. The molecule has 5 atom stereocenters. The number of nitrogens with one attached hydrogen (secondary N) is 4. The second-order valence-corrected chi connectivity index (χ2v) is 7.20. The van der Waals surface area contributed by atoms with Gasteiger partial charge in [-0.2, -0.15) is 12.6 Å². The highest BCUT2D eigenvalue weighted by atomic mass is 32.1. The zero-order valence-electron chi connectivity index (χ0n) is 15.9. The van der Waals surface area contributed by atoms with Gasteiger partial charge in [0.1, 0.15) is 18.1 Å². The van der Waals surface area contributed by atoms with E-state index in [1.165, 1.54) is 6.92 Å². The molecule has 0 bridgehead atoms. The standard InChI is InChI=1S/C17H30N4O5S/c1-4-9(2)13(21-14(22)11-6-5-7-18-11)16(24)20-12(8-27)15(23)19-10(3)17(25)26/h9-13,18,27H,4-8H2,1-3H3,(H,19,23)(H,20,24)(H,21,22)(H,25,26). The van der Waals surface area contributed by atoms with Crippen LogP contribution in [0.1, 0.15) is 40.0 Å². The van der Waals surface area contributed by atoms with Gasteiger partial charge in [-0.15, -0.1) is 0 Å². The zero-order chi connectivity index (χ0) is 20.6. The van der Waals surface area contributed by atoms with Gasteiger partial charge in [0.2, 0.25) is 17.7 Å². The lowest BCUT2D eigenvalue weighted by Gasteiger charge is -2.27. The van der Waals surface area contributed by atoms with Gasteiger partial charge >= 0.3 is 5.97 Å². The van der Waals surface area contributed by atoms with Crippen molar-refractivity contribution in [2.24, 2.45) is 5.92 Å². The van der Waals surface area contributed by atoms with E-state index in [9.17, 15) is 19.2 Å². The van der Waals surface area contributed by atoms with Crippen LogP contribution in [0.2, 0.25) is 0 Å². The zero-order valence-corrected chi connectivity index (χ0v) is 16.8. The molecule has 1 saturated heterocycles. The largest absolute Gasteiger partial charge is 0.480 e. The molecule has 1 heterocycles. The van der Waals surface area contributed by atoms with Gasteiger partial charge in [0.05, 0.1) is 6.04 Å². The van der Waals surface area contributed by atoms with Crippen molar-refractivity contribution in [3.63, 3.8) is 0 Å². The van der Waals surface area contributed by atoms with Crippen LogP contribution in [-0.4, -0.2) is 65.3 Å². The molecule has 0 radical (unpaired) electrons. The minimum atomic E-state index is -1.18. The number of hydrogen-bond acceptors (Lipinski definition) is 6. The van der Waals surface area contributed by atoms with E-state index in [0.29, 0.717) is 6.42 Å². The molecule has 0 saturated carbocycles. The van der Waals surface area contributed by atoms with Gasteiger partial charge in [0.15, 0.2) is 0 Å². The summed E-state index contributed by atoms with van der Waals surface area (Å²) in [5, 5.41) is 19.6. The first-order chi connectivity index (χ1) is 12.7. The van der Waals surface area contributed by atoms with Crippen molar-refractivity contribution < 1.29 is 24.3 Å². The third kappa shape index (κ3) is 7.02. The first-order valence-corrected chi connectivity index (χ1v) is 9.82. The molecule has 0 aliphatic carbocycles. The number of carbonyl (C=O) groups is 4. The SMILES string of the molecule is CCC(C)C(NC(=O)C1CCCN1)C(=O)NC(CS)C(=O)NC(C)C(=O)O. The summed E-state index contributed by atoms with van der Waals surface area (Å²) in [4.78, 5) is 48.1. The van der Waals surface area contributed by atoms with Crippen LogP contribution in [-0.2, 0) is 19.2 Å². The molecular formula is C17H30N4O5S. The fourth-order valence-corrected chi connectivity index (χ4v) is 2.95. The smallest absolute Gasteiger partial charge is 0.325 e. The van der Waals surface area contributed by atoms with Crippen LogP contribution in [0.25, 0.3) is 0 Å². The maximum absolute atomic E-state index is 12.7. The number of carboxylic acid groups (broad SMARTS) is 1. The molecule has 0 spiro atoms. The third-order valence-electron chi connectivity index (χ3n) is 4.71. The number of carboxylic acids is 1. The van der Waals surface area contributed by atoms with Gasteiger partial charge in [-0.3, -0.25) is 19.2 Å². The van der Waals surface area contributed by atoms with E-state index in [2.05, 4.69) is 33.9 Å². The molecule has 1 aliphatic heterocycles. The van der Waals surface area contributed by atoms with E-state index in [0.717, 1.165) is 19.4 Å². The normalized spacial score (nSPS) is 20.8. The third-order valence-corrected chi connectivity index (χ3v) is 5.08. The highest BCUT2D eigenvalue weighted by molar-refractivity contribution is 7.80. The molecule has 1 fully saturated rings. The monoisotopic (exact) mass is 402 g/mol. The van der Waals surface area contributed by atoms with Crippen LogP contribution in [0, 0.1) is 5.92 Å². The van der Waals surface area contributed by atoms with Crippen molar-refractivity contribution in [1.82, 2.24) is 21.3 Å². The van der Waals surface area contributed by atoms with Crippen LogP contribution >= 0.6 is 12.6 Å². The highest BCUT2D eigenvalue weighted by Crippen LogP contribution is 2.11. The predicted octanol–water partition coefficient (Wildman–Crippen LogP) is -0.727. The molecule has 0 aromatic carbocycles. The van der Waals surface area contributed by atoms with Gasteiger partial charge in [-0.1, -0.05) is 20.3 Å². The summed E-state index contributed by atoms with van der Waals surface area (Å²) in [5.74, 6) is -2.69. The van der Waals surface area contributed by atoms with Gasteiger partial charge in [0, 0.05) is 5.75 Å². The van der Waals surface area contributed by atoms with Crippen LogP contribution in [0.3, 0.4) is 0 Å². The molecule has 5 N–H and O–H groups in total. The summed E-state index contributed by atoms with van der Waals surface area (Å²) in [6.07, 6.45) is 2.28. The molecule has 10 heteroatoms. The van der Waals surface area contributed by atoms with Crippen molar-refractivity contribution in [1.29, 1.82) is 0 Å². The maximum Gasteiger partial charge on any atom is 0.325 e. The maximum atomic E-state index is 12.7. The molecule has 3 amide bonds. The summed E-state index contributed by atoms with van der Waals surface area (Å²) >= 11 is 4.07. The summed E-state index contributed by atoms with van der Waals surface area (Å²) < 4.78 is 0. The Morgan fingerprint density at radius 2 is 1.81 bits per heavy atom. The number of rotatable bonds is 10. The van der Waals surface area contributed by atoms with Crippen molar-refractivity contribution in [2.75, 3.05) is 12.3 Å². The minimum Gasteiger partial charge on any atom is -0.480 e. The van der Waals surface area contributed by atoms with Gasteiger partial charge < -0.3 is 26.4 Å². The van der Waals surface area contributed by atoms with E-state index in [4.69, 9.17) is 5.11 Å². The lowest BCUT2D eigenvalue weighted by molar-refractivity contribution is -0.141. The second-order valence-electron chi connectivity index (χ2n) is 6.83. The molecule has 5 unspecified atom stereocenters. The lowest BCUT2D eigenvalue weighted by Crippen LogP contribution is -2.58. The van der Waals surface area contributed by atoms with E-state index in [1.807, 2.05) is 13.8 Å². The Morgan fingerprint density at radius 1 is 1.15 bits per heavy atom. The number of hydrogen-bond donors (Lipinski definition) is 6. The van der Waals surface area contributed by atoms with Crippen LogP contribution in [0.4, 0.5) is 0 Å². The lowest BCUT2D eigenvalue weighted by atomic mass is 9.97. The first-order valence-electron chi connectivity index (χ1n) is 9.19. The van der Waals surface area contributed by atoms with Crippen LogP contribution in [0.5, 0.6) is 0 Å². The number of thiol groups is 1. The topological polar surface area (TPSA) is 137 Å². The Morgan fingerprint density at radius 3 is 2.30 bits per heavy atom. The fourth-order valence-electron chi connectivity index (χ4n) is 2.70. The molecule has 0 aromatic heterocycles. The number of carbonyl (C=O) groups excluding carboxylic acids is 3. The Hall–Kier alpha value is -1.81. The first kappa shape index (κ1) is 23.2. The summed E-state index contributed by atoms with van der Waals surface area (Å²) in [6.45, 7) is 5.84. The summed E-state index contributed by atoms with van der Waals surface area (Å²) in [7, 11) is 0. The quantitative estimate of drug-likeness (QED) is 0.267. The van der Waals surface area contributed by atoms with E-state index in [-0.39, 0.29) is 23.6 Å². The van der Waals surface area contributed by atoms with Crippen molar-refractivity contribution in [3.8, 4) is 0 Å². The molecule has 0 aromatic rings. The second kappa shape index (κ2) is 11.1. The van der Waals surface area contributed by atoms with Crippen LogP contribution < -0.4 is 21.3 Å². The molecule has 27 heavy (non-hydrogen) atoms. The average molecular weight is 403 g/mol. The summed E-state index contributed by atoms with van der Waals surface area (Å²) in [6, 6.07) is -3.20. The number of amides is 3. The van der Waals surface area contributed by atoms with Gasteiger partial charge in [-0.25, -0.2) is 0 Å². The van der Waals surface area contributed by atoms with Gasteiger partial charge in [0.25, 0.3) is 0 Å². The Bertz CT molecular complexity index is 553. The van der Waals surface area contributed by atoms with E-state index < -0.39 is 35.9 Å². The predicted molar refractivity (Wildman–Crippen MR) is 103 cm³/mol. The minimum absolute atomic E-state index is 0.00470. The fraction of sp³-hybridized carbons (Fsp3) is 0.765. The van der Waals surface area contributed by atoms with E-state index in [1.54, 1.807) is 0 Å². The van der Waals surface area contributed by atoms with Crippen molar-refractivity contribution in [3.05, 3.63) is 0 Å². The molecule has 154 valence electrons. The summed E-state index contributed by atoms with van der Waals surface area (Å²) in [5.41, 5.74) is 0. The molecule has 1 rings (SSSR count). The van der Waals surface area contributed by atoms with Crippen molar-refractivity contribution in [2.45, 2.75) is 64.2 Å². The van der Waals surface area contributed by atoms with Crippen molar-refractivity contribution >= 4 is 36.3 Å². The van der Waals surface area contributed by atoms with Gasteiger partial charge in [-0.05, 0) is 32.2 Å². The Labute approximate surface area is 164 Å².